The smallest absolute Gasteiger partial charge is 0.387 e. The van der Waals surface area contributed by atoms with Crippen molar-refractivity contribution in [3.8, 4) is 17.2 Å². The zero-order chi connectivity index (χ0) is 17.6. The van der Waals surface area contributed by atoms with Crippen LogP contribution in [0.5, 0.6) is 11.5 Å². The van der Waals surface area contributed by atoms with Crippen LogP contribution in [0.2, 0.25) is 0 Å². The van der Waals surface area contributed by atoms with Gasteiger partial charge in [0.25, 0.3) is 0 Å². The van der Waals surface area contributed by atoms with E-state index in [9.17, 15) is 13.9 Å². The van der Waals surface area contributed by atoms with E-state index in [0.717, 1.165) is 5.69 Å². The summed E-state index contributed by atoms with van der Waals surface area (Å²) in [5.41, 5.74) is 1.45. The molecule has 0 radical (unpaired) electrons. The molecule has 2 aromatic carbocycles. The SMILES string of the molecule is OC(COc1ccc(-n2cccn2)cc1)c1ccc(OC(F)F)cc1. The lowest BCUT2D eigenvalue weighted by Gasteiger charge is -2.14. The first kappa shape index (κ1) is 16.9. The van der Waals surface area contributed by atoms with Gasteiger partial charge in [0.1, 0.15) is 24.2 Å². The molecule has 0 saturated heterocycles. The van der Waals surface area contributed by atoms with Gasteiger partial charge in [0.05, 0.1) is 5.69 Å². The first-order valence-electron chi connectivity index (χ1n) is 7.57. The van der Waals surface area contributed by atoms with Crippen LogP contribution >= 0.6 is 0 Å². The summed E-state index contributed by atoms with van der Waals surface area (Å²) in [4.78, 5) is 0. The zero-order valence-corrected chi connectivity index (χ0v) is 13.1. The average Bonchev–Trinajstić information content (AvgIpc) is 3.15. The fourth-order valence-electron chi connectivity index (χ4n) is 2.26. The summed E-state index contributed by atoms with van der Waals surface area (Å²) >= 11 is 0. The fraction of sp³-hybridized carbons (Fsp3) is 0.167. The lowest BCUT2D eigenvalue weighted by Crippen LogP contribution is -2.10. The van der Waals surface area contributed by atoms with Crippen molar-refractivity contribution in [2.24, 2.45) is 0 Å². The number of nitrogens with zero attached hydrogens (tertiary/aromatic N) is 2. The number of hydrogen-bond acceptors (Lipinski definition) is 4. The molecule has 3 aromatic rings. The molecule has 1 unspecified atom stereocenters. The number of alkyl halides is 2. The van der Waals surface area contributed by atoms with E-state index in [4.69, 9.17) is 4.74 Å². The third-order valence-corrected chi connectivity index (χ3v) is 3.50. The van der Waals surface area contributed by atoms with E-state index in [2.05, 4.69) is 9.84 Å². The average molecular weight is 346 g/mol. The molecule has 7 heteroatoms. The largest absolute Gasteiger partial charge is 0.491 e. The van der Waals surface area contributed by atoms with Crippen molar-refractivity contribution < 1.29 is 23.4 Å². The molecule has 1 N–H and O–H groups in total. The van der Waals surface area contributed by atoms with Crippen LogP contribution in [0.4, 0.5) is 8.78 Å². The van der Waals surface area contributed by atoms with E-state index in [1.54, 1.807) is 23.0 Å². The highest BCUT2D eigenvalue weighted by Gasteiger charge is 2.10. The Morgan fingerprint density at radius 1 is 1.00 bits per heavy atom. The maximum Gasteiger partial charge on any atom is 0.387 e. The summed E-state index contributed by atoms with van der Waals surface area (Å²) in [5.74, 6) is 0.647. The Morgan fingerprint density at radius 2 is 1.68 bits per heavy atom. The quantitative estimate of drug-likeness (QED) is 0.710. The summed E-state index contributed by atoms with van der Waals surface area (Å²) in [7, 11) is 0. The molecule has 0 fully saturated rings. The molecule has 0 saturated carbocycles. The number of hydrogen-bond donors (Lipinski definition) is 1. The molecule has 5 nitrogen and oxygen atoms in total. The molecule has 1 atom stereocenters. The minimum Gasteiger partial charge on any atom is -0.491 e. The van der Waals surface area contributed by atoms with Gasteiger partial charge in [0.15, 0.2) is 0 Å². The molecule has 0 bridgehead atoms. The Kier molecular flexibility index (Phi) is 5.25. The minimum atomic E-state index is -2.87. The molecule has 0 aliphatic carbocycles. The topological polar surface area (TPSA) is 56.5 Å². The molecule has 25 heavy (non-hydrogen) atoms. The normalized spacial score (nSPS) is 12.2. The molecule has 1 heterocycles. The van der Waals surface area contributed by atoms with Gasteiger partial charge in [-0.25, -0.2) is 4.68 Å². The Balaban J connectivity index is 1.55. The summed E-state index contributed by atoms with van der Waals surface area (Å²) in [6.07, 6.45) is 2.64. The minimum absolute atomic E-state index is 0.0379. The van der Waals surface area contributed by atoms with Crippen LogP contribution in [-0.4, -0.2) is 28.1 Å². The van der Waals surface area contributed by atoms with Crippen molar-refractivity contribution in [1.82, 2.24) is 9.78 Å². The van der Waals surface area contributed by atoms with Gasteiger partial charge in [-0.2, -0.15) is 13.9 Å². The van der Waals surface area contributed by atoms with Gasteiger partial charge < -0.3 is 14.6 Å². The van der Waals surface area contributed by atoms with Crippen LogP contribution in [0.3, 0.4) is 0 Å². The first-order valence-corrected chi connectivity index (χ1v) is 7.57. The molecular weight excluding hydrogens is 330 g/mol. The Hall–Kier alpha value is -2.93. The molecule has 3 rings (SSSR count). The fourth-order valence-corrected chi connectivity index (χ4v) is 2.26. The second-order valence-electron chi connectivity index (χ2n) is 5.22. The summed E-state index contributed by atoms with van der Waals surface area (Å²) in [6.45, 7) is -2.83. The number of rotatable bonds is 7. The predicted molar refractivity (Wildman–Crippen MR) is 87.1 cm³/mol. The van der Waals surface area contributed by atoms with E-state index in [-0.39, 0.29) is 12.4 Å². The third-order valence-electron chi connectivity index (χ3n) is 3.50. The van der Waals surface area contributed by atoms with Gasteiger partial charge in [0.2, 0.25) is 0 Å². The Morgan fingerprint density at radius 3 is 2.28 bits per heavy atom. The molecule has 0 aliphatic rings. The highest BCUT2D eigenvalue weighted by Crippen LogP contribution is 2.21. The van der Waals surface area contributed by atoms with Crippen LogP contribution in [0.1, 0.15) is 11.7 Å². The van der Waals surface area contributed by atoms with Crippen molar-refractivity contribution in [3.05, 3.63) is 72.6 Å². The van der Waals surface area contributed by atoms with Crippen molar-refractivity contribution in [1.29, 1.82) is 0 Å². The summed E-state index contributed by atoms with van der Waals surface area (Å²) in [5, 5.41) is 14.3. The maximum absolute atomic E-state index is 12.1. The second-order valence-corrected chi connectivity index (χ2v) is 5.22. The summed E-state index contributed by atoms with van der Waals surface area (Å²) in [6, 6.07) is 14.9. The third kappa shape index (κ3) is 4.54. The molecule has 1 aromatic heterocycles. The number of aliphatic hydroxyl groups is 1. The van der Waals surface area contributed by atoms with E-state index in [1.807, 2.05) is 24.4 Å². The van der Waals surface area contributed by atoms with E-state index in [0.29, 0.717) is 11.3 Å². The van der Waals surface area contributed by atoms with Crippen molar-refractivity contribution in [2.45, 2.75) is 12.7 Å². The highest BCUT2D eigenvalue weighted by atomic mass is 19.3. The first-order chi connectivity index (χ1) is 12.1. The van der Waals surface area contributed by atoms with Gasteiger partial charge in [-0.15, -0.1) is 0 Å². The molecule has 130 valence electrons. The summed E-state index contributed by atoms with van der Waals surface area (Å²) < 4.78 is 35.8. The van der Waals surface area contributed by atoms with Crippen LogP contribution in [0.25, 0.3) is 5.69 Å². The van der Waals surface area contributed by atoms with Gasteiger partial charge in [-0.1, -0.05) is 12.1 Å². The van der Waals surface area contributed by atoms with Gasteiger partial charge in [0, 0.05) is 12.4 Å². The standard InChI is InChI=1S/C18H16F2N2O3/c19-18(20)25-16-6-2-13(3-7-16)17(23)12-24-15-8-4-14(5-9-15)22-11-1-10-21-22/h1-11,17-18,23H,12H2. The number of aliphatic hydroxyl groups excluding tert-OH is 1. The number of aromatic nitrogens is 2. The maximum atomic E-state index is 12.1. The van der Waals surface area contributed by atoms with Crippen LogP contribution < -0.4 is 9.47 Å². The lowest BCUT2D eigenvalue weighted by molar-refractivity contribution is -0.0498. The monoisotopic (exact) mass is 346 g/mol. The Labute approximate surface area is 143 Å². The number of halogens is 2. The second kappa shape index (κ2) is 7.76. The van der Waals surface area contributed by atoms with E-state index >= 15 is 0 Å². The molecule has 0 spiro atoms. The van der Waals surface area contributed by atoms with Crippen molar-refractivity contribution >= 4 is 0 Å². The van der Waals surface area contributed by atoms with Crippen molar-refractivity contribution in [3.63, 3.8) is 0 Å². The van der Waals surface area contributed by atoms with Gasteiger partial charge >= 0.3 is 6.61 Å². The van der Waals surface area contributed by atoms with Crippen LogP contribution in [0, 0.1) is 0 Å². The lowest BCUT2D eigenvalue weighted by atomic mass is 10.1. The number of ether oxygens (including phenoxy) is 2. The predicted octanol–water partition coefficient (Wildman–Crippen LogP) is 3.59. The zero-order valence-electron chi connectivity index (χ0n) is 13.1. The van der Waals surface area contributed by atoms with Gasteiger partial charge in [-0.05, 0) is 48.0 Å². The van der Waals surface area contributed by atoms with Gasteiger partial charge in [-0.3, -0.25) is 0 Å². The van der Waals surface area contributed by atoms with E-state index in [1.165, 1.54) is 24.3 Å². The van der Waals surface area contributed by atoms with Crippen molar-refractivity contribution in [2.75, 3.05) is 6.61 Å². The van der Waals surface area contributed by atoms with Crippen LogP contribution in [0.15, 0.2) is 67.0 Å². The van der Waals surface area contributed by atoms with E-state index < -0.39 is 12.7 Å². The van der Waals surface area contributed by atoms with Crippen LogP contribution in [-0.2, 0) is 0 Å². The number of benzene rings is 2. The molecular formula is C18H16F2N2O3. The molecule has 0 aliphatic heterocycles. The molecule has 0 amide bonds. The Bertz CT molecular complexity index is 775. The highest BCUT2D eigenvalue weighted by molar-refractivity contribution is 5.36.